The molecular formula is C39H53N7O3. The predicted molar refractivity (Wildman–Crippen MR) is 192 cm³/mol. The molecule has 2 amide bonds. The SMILES string of the molecule is CC1CN(C(=O)OC2CCC(C(=O)N(CC34CCC(c5ccc(N(C)C)nc5)(CC3)CC4)c3cc(-c4cnn(C(C)C)c4)ccn3)CC2)C1. The fraction of sp³-hybridized carbons (Fsp3) is 0.615. The van der Waals surface area contributed by atoms with Crippen molar-refractivity contribution in [3.8, 4) is 11.1 Å². The molecule has 10 heteroatoms. The molecule has 4 aliphatic carbocycles. The van der Waals surface area contributed by atoms with Crippen LogP contribution in [-0.4, -0.2) is 76.5 Å². The lowest BCUT2D eigenvalue weighted by Crippen LogP contribution is -2.52. The first-order chi connectivity index (χ1) is 23.5. The Morgan fingerprint density at radius 3 is 2.22 bits per heavy atom. The molecule has 1 aliphatic heterocycles. The van der Waals surface area contributed by atoms with Crippen LogP contribution < -0.4 is 9.80 Å². The predicted octanol–water partition coefficient (Wildman–Crippen LogP) is 7.26. The van der Waals surface area contributed by atoms with Crippen molar-refractivity contribution >= 4 is 23.6 Å². The summed E-state index contributed by atoms with van der Waals surface area (Å²) < 4.78 is 7.82. The van der Waals surface area contributed by atoms with E-state index in [4.69, 9.17) is 14.7 Å². The average Bonchev–Trinajstić information content (AvgIpc) is 3.62. The van der Waals surface area contributed by atoms with E-state index in [-0.39, 0.29) is 40.9 Å². The summed E-state index contributed by atoms with van der Waals surface area (Å²) in [5, 5.41) is 4.56. The van der Waals surface area contributed by atoms with Crippen LogP contribution in [0.3, 0.4) is 0 Å². The van der Waals surface area contributed by atoms with Crippen LogP contribution in [0.4, 0.5) is 16.4 Å². The van der Waals surface area contributed by atoms with E-state index < -0.39 is 0 Å². The second-order valence-electron chi connectivity index (χ2n) is 16.1. The molecule has 8 rings (SSSR count). The summed E-state index contributed by atoms with van der Waals surface area (Å²) in [7, 11) is 4.06. The van der Waals surface area contributed by atoms with Crippen molar-refractivity contribution in [2.45, 2.75) is 103 Å². The number of hydrogen-bond donors (Lipinski definition) is 0. The van der Waals surface area contributed by atoms with Crippen molar-refractivity contribution in [3.05, 3.63) is 54.6 Å². The highest BCUT2D eigenvalue weighted by Crippen LogP contribution is 2.58. The van der Waals surface area contributed by atoms with Gasteiger partial charge in [-0.05, 0) is 124 Å². The Kier molecular flexibility index (Phi) is 9.17. The van der Waals surface area contributed by atoms with Crippen molar-refractivity contribution in [3.63, 3.8) is 0 Å². The van der Waals surface area contributed by atoms with Crippen LogP contribution >= 0.6 is 0 Å². The third kappa shape index (κ3) is 6.80. The Bertz CT molecular complexity index is 1610. The molecule has 262 valence electrons. The number of ether oxygens (including phenoxy) is 1. The number of amides is 2. The van der Waals surface area contributed by atoms with E-state index in [1.165, 1.54) is 5.56 Å². The van der Waals surface area contributed by atoms with Crippen LogP contribution in [0.2, 0.25) is 0 Å². The van der Waals surface area contributed by atoms with E-state index in [1.54, 1.807) is 4.90 Å². The summed E-state index contributed by atoms with van der Waals surface area (Å²) in [6, 6.07) is 8.78. The minimum atomic E-state index is -0.203. The summed E-state index contributed by atoms with van der Waals surface area (Å²) >= 11 is 0. The number of carbonyl (C=O) groups is 2. The van der Waals surface area contributed by atoms with Gasteiger partial charge < -0.3 is 14.5 Å². The van der Waals surface area contributed by atoms with Gasteiger partial charge in [0, 0.05) is 69.8 Å². The quantitative estimate of drug-likeness (QED) is 0.237. The largest absolute Gasteiger partial charge is 0.446 e. The van der Waals surface area contributed by atoms with Crippen LogP contribution in [0.5, 0.6) is 0 Å². The molecule has 0 unspecified atom stereocenters. The second-order valence-corrected chi connectivity index (χ2v) is 16.1. The molecule has 0 radical (unpaired) electrons. The number of aromatic nitrogens is 4. The summed E-state index contributed by atoms with van der Waals surface area (Å²) in [5.74, 6) is 2.29. The number of anilines is 2. The van der Waals surface area contributed by atoms with Gasteiger partial charge in [0.1, 0.15) is 17.7 Å². The zero-order valence-corrected chi connectivity index (χ0v) is 30.0. The topological polar surface area (TPSA) is 96.7 Å². The zero-order chi connectivity index (χ0) is 34.3. The molecule has 4 saturated carbocycles. The molecule has 10 nitrogen and oxygen atoms in total. The average molecular weight is 668 g/mol. The maximum Gasteiger partial charge on any atom is 0.410 e. The van der Waals surface area contributed by atoms with Gasteiger partial charge in [-0.3, -0.25) is 14.4 Å². The highest BCUT2D eigenvalue weighted by Gasteiger charge is 2.51. The zero-order valence-electron chi connectivity index (χ0n) is 30.0. The fourth-order valence-corrected chi connectivity index (χ4v) is 8.73. The van der Waals surface area contributed by atoms with Crippen molar-refractivity contribution in [2.75, 3.05) is 43.5 Å². The van der Waals surface area contributed by atoms with Crippen molar-refractivity contribution < 1.29 is 14.3 Å². The van der Waals surface area contributed by atoms with E-state index in [1.807, 2.05) is 47.0 Å². The molecule has 0 N–H and O–H groups in total. The normalized spacial score (nSPS) is 26.8. The molecule has 0 spiro atoms. The van der Waals surface area contributed by atoms with Crippen LogP contribution in [-0.2, 0) is 14.9 Å². The first-order valence-electron chi connectivity index (χ1n) is 18.4. The van der Waals surface area contributed by atoms with E-state index in [0.29, 0.717) is 12.5 Å². The number of carbonyl (C=O) groups excluding carboxylic acids is 2. The number of rotatable bonds is 9. The molecular weight excluding hydrogens is 614 g/mol. The molecule has 3 aromatic rings. The van der Waals surface area contributed by atoms with Gasteiger partial charge in [-0.15, -0.1) is 0 Å². The minimum Gasteiger partial charge on any atom is -0.446 e. The number of nitrogens with zero attached hydrogens (tertiary/aromatic N) is 7. The molecule has 1 saturated heterocycles. The van der Waals surface area contributed by atoms with Crippen LogP contribution in [0, 0.1) is 17.3 Å². The monoisotopic (exact) mass is 667 g/mol. The first kappa shape index (κ1) is 33.5. The Morgan fingerprint density at radius 1 is 0.918 bits per heavy atom. The van der Waals surface area contributed by atoms with E-state index >= 15 is 0 Å². The molecule has 5 aliphatic rings. The lowest BCUT2D eigenvalue weighted by Gasteiger charge is -2.55. The minimum absolute atomic E-state index is 0.0652. The van der Waals surface area contributed by atoms with Gasteiger partial charge in [-0.1, -0.05) is 13.0 Å². The smallest absolute Gasteiger partial charge is 0.410 e. The van der Waals surface area contributed by atoms with Gasteiger partial charge in [0.25, 0.3) is 0 Å². The number of pyridine rings is 2. The second kappa shape index (κ2) is 13.4. The number of likely N-dealkylation sites (tertiary alicyclic amines) is 1. The maximum absolute atomic E-state index is 14.6. The molecule has 49 heavy (non-hydrogen) atoms. The molecule has 0 aromatic carbocycles. The van der Waals surface area contributed by atoms with E-state index in [9.17, 15) is 9.59 Å². The van der Waals surface area contributed by atoms with Gasteiger partial charge >= 0.3 is 6.09 Å². The van der Waals surface area contributed by atoms with Crippen LogP contribution in [0.15, 0.2) is 49.1 Å². The van der Waals surface area contributed by atoms with Gasteiger partial charge in [0.15, 0.2) is 0 Å². The maximum atomic E-state index is 14.6. The van der Waals surface area contributed by atoms with Gasteiger partial charge in [0.2, 0.25) is 5.91 Å². The number of fused-ring (bicyclic) bond motifs is 3. The van der Waals surface area contributed by atoms with E-state index in [2.05, 4.69) is 56.5 Å². The highest BCUT2D eigenvalue weighted by molar-refractivity contribution is 5.95. The first-order valence-corrected chi connectivity index (χ1v) is 18.4. The third-order valence-corrected chi connectivity index (χ3v) is 12.1. The Labute approximate surface area is 291 Å². The lowest BCUT2D eigenvalue weighted by atomic mass is 9.52. The molecule has 3 aromatic heterocycles. The van der Waals surface area contributed by atoms with Gasteiger partial charge in [-0.2, -0.15) is 5.10 Å². The molecule has 2 bridgehead atoms. The van der Waals surface area contributed by atoms with Crippen LogP contribution in [0.1, 0.15) is 96.6 Å². The summed E-state index contributed by atoms with van der Waals surface area (Å²) in [4.78, 5) is 42.7. The van der Waals surface area contributed by atoms with Crippen molar-refractivity contribution in [1.82, 2.24) is 24.6 Å². The van der Waals surface area contributed by atoms with E-state index in [0.717, 1.165) is 100 Å². The Morgan fingerprint density at radius 2 is 1.63 bits per heavy atom. The van der Waals surface area contributed by atoms with Gasteiger partial charge in [0.05, 0.1) is 6.20 Å². The molecule has 4 heterocycles. The summed E-state index contributed by atoms with van der Waals surface area (Å²) in [6.45, 7) is 8.61. The highest BCUT2D eigenvalue weighted by atomic mass is 16.6. The Balaban J connectivity index is 1.09. The number of hydrogen-bond acceptors (Lipinski definition) is 7. The van der Waals surface area contributed by atoms with Crippen molar-refractivity contribution in [1.29, 1.82) is 0 Å². The molecule has 0 atom stereocenters. The van der Waals surface area contributed by atoms with Crippen molar-refractivity contribution in [2.24, 2.45) is 17.3 Å². The van der Waals surface area contributed by atoms with Gasteiger partial charge in [-0.25, -0.2) is 14.8 Å². The fourth-order valence-electron chi connectivity index (χ4n) is 8.73. The Hall–Kier alpha value is -3.95. The van der Waals surface area contributed by atoms with Crippen LogP contribution in [0.25, 0.3) is 11.1 Å². The lowest BCUT2D eigenvalue weighted by molar-refractivity contribution is -0.124. The summed E-state index contributed by atoms with van der Waals surface area (Å²) in [6.07, 6.45) is 17.1. The third-order valence-electron chi connectivity index (χ3n) is 12.1. The molecule has 5 fully saturated rings. The standard InChI is InChI=1S/C39H53N7O3/c1-27(2)46-25-31(21-42-46)30-12-19-40-35(20-30)45(36(47)29-6-9-33(10-7-29)49-37(48)44-23-28(3)24-44)26-38-13-16-39(17-14-38,18-15-38)32-8-11-34(41-22-32)43(4)5/h8,11-12,19-22,25,27-29,33H,6-7,9-10,13-18,23-24,26H2,1-5H3. The summed E-state index contributed by atoms with van der Waals surface area (Å²) in [5.41, 5.74) is 3.64.